The van der Waals surface area contributed by atoms with Crippen LogP contribution in [0, 0.1) is 0 Å². The summed E-state index contributed by atoms with van der Waals surface area (Å²) in [5.74, 6) is 2.05. The normalized spacial score (nSPS) is 29.1. The Kier molecular flexibility index (Phi) is 5.81. The van der Waals surface area contributed by atoms with E-state index >= 15 is 0 Å². The van der Waals surface area contributed by atoms with Gasteiger partial charge >= 0.3 is 6.18 Å². The van der Waals surface area contributed by atoms with Gasteiger partial charge in [-0.05, 0) is 12.8 Å². The first-order chi connectivity index (χ1) is 7.40. The standard InChI is InChI=1S/C10H17F3OS2/c1-7-9(16-6-5-15-7)8(14)3-2-4-10(11,12)13/h7-9,14H,2-6H2,1H3. The number of aliphatic hydroxyl groups excluding tert-OH is 1. The summed E-state index contributed by atoms with van der Waals surface area (Å²) in [5, 5.41) is 10.3. The Bertz CT molecular complexity index is 211. The van der Waals surface area contributed by atoms with Gasteiger partial charge in [0.25, 0.3) is 0 Å². The molecule has 1 aliphatic heterocycles. The van der Waals surface area contributed by atoms with Gasteiger partial charge in [-0.25, -0.2) is 0 Å². The minimum absolute atomic E-state index is 0.0269. The molecule has 0 saturated carbocycles. The number of halogens is 3. The predicted octanol–water partition coefficient (Wildman–Crippen LogP) is 3.32. The van der Waals surface area contributed by atoms with Crippen LogP contribution in [0.25, 0.3) is 0 Å². The Balaban J connectivity index is 2.25. The van der Waals surface area contributed by atoms with Crippen LogP contribution in [-0.4, -0.2) is 39.4 Å². The summed E-state index contributed by atoms with van der Waals surface area (Å²) in [4.78, 5) is 0. The lowest BCUT2D eigenvalue weighted by molar-refractivity contribution is -0.136. The second-order valence-corrected chi connectivity index (χ2v) is 6.76. The van der Waals surface area contributed by atoms with Gasteiger partial charge in [0.05, 0.1) is 6.10 Å². The van der Waals surface area contributed by atoms with Gasteiger partial charge in [-0.3, -0.25) is 0 Å². The summed E-state index contributed by atoms with van der Waals surface area (Å²) >= 11 is 3.48. The molecule has 0 bridgehead atoms. The topological polar surface area (TPSA) is 20.2 Å². The highest BCUT2D eigenvalue weighted by Gasteiger charge is 2.31. The third-order valence-electron chi connectivity index (χ3n) is 2.58. The highest BCUT2D eigenvalue weighted by atomic mass is 32.2. The van der Waals surface area contributed by atoms with E-state index in [1.165, 1.54) is 0 Å². The van der Waals surface area contributed by atoms with Crippen LogP contribution < -0.4 is 0 Å². The number of aliphatic hydroxyl groups is 1. The van der Waals surface area contributed by atoms with Crippen LogP contribution in [0.3, 0.4) is 0 Å². The fourth-order valence-corrected chi connectivity index (χ4v) is 4.63. The smallest absolute Gasteiger partial charge is 0.389 e. The van der Waals surface area contributed by atoms with Gasteiger partial charge in [-0.15, -0.1) is 0 Å². The van der Waals surface area contributed by atoms with Crippen molar-refractivity contribution in [1.29, 1.82) is 0 Å². The van der Waals surface area contributed by atoms with Crippen molar-refractivity contribution >= 4 is 23.5 Å². The van der Waals surface area contributed by atoms with Gasteiger partial charge in [0, 0.05) is 28.4 Å². The highest BCUT2D eigenvalue weighted by Crippen LogP contribution is 2.34. The molecule has 0 spiro atoms. The summed E-state index contributed by atoms with van der Waals surface area (Å²) in [7, 11) is 0. The van der Waals surface area contributed by atoms with Gasteiger partial charge in [0.15, 0.2) is 0 Å². The van der Waals surface area contributed by atoms with Crippen molar-refractivity contribution in [3.05, 3.63) is 0 Å². The molecule has 16 heavy (non-hydrogen) atoms. The Morgan fingerprint density at radius 3 is 2.50 bits per heavy atom. The van der Waals surface area contributed by atoms with Crippen molar-refractivity contribution in [1.82, 2.24) is 0 Å². The SMILES string of the molecule is CC1SCCSC1C(O)CCCC(F)(F)F. The third-order valence-corrected chi connectivity index (χ3v) is 5.81. The molecule has 0 aromatic carbocycles. The zero-order chi connectivity index (χ0) is 12.2. The Morgan fingerprint density at radius 2 is 1.94 bits per heavy atom. The molecule has 6 heteroatoms. The highest BCUT2D eigenvalue weighted by molar-refractivity contribution is 8.07. The second kappa shape index (κ2) is 6.40. The van der Waals surface area contributed by atoms with Gasteiger partial charge in [0.1, 0.15) is 0 Å². The van der Waals surface area contributed by atoms with Crippen LogP contribution in [0.15, 0.2) is 0 Å². The number of rotatable bonds is 4. The van der Waals surface area contributed by atoms with Crippen LogP contribution in [0.1, 0.15) is 26.2 Å². The van der Waals surface area contributed by atoms with Crippen LogP contribution in [0.5, 0.6) is 0 Å². The molecule has 1 rings (SSSR count). The fraction of sp³-hybridized carbons (Fsp3) is 1.00. The van der Waals surface area contributed by atoms with Gasteiger partial charge < -0.3 is 5.11 Å². The molecule has 0 aromatic rings. The minimum atomic E-state index is -4.10. The molecule has 3 atom stereocenters. The molecule has 1 N–H and O–H groups in total. The zero-order valence-electron chi connectivity index (χ0n) is 9.17. The van der Waals surface area contributed by atoms with E-state index in [0.717, 1.165) is 11.5 Å². The zero-order valence-corrected chi connectivity index (χ0v) is 10.8. The van der Waals surface area contributed by atoms with E-state index in [1.54, 1.807) is 23.5 Å². The number of hydrogen-bond acceptors (Lipinski definition) is 3. The molecule has 1 aliphatic rings. The van der Waals surface area contributed by atoms with Crippen LogP contribution in [-0.2, 0) is 0 Å². The fourth-order valence-electron chi connectivity index (χ4n) is 1.75. The van der Waals surface area contributed by atoms with Crippen molar-refractivity contribution in [3.8, 4) is 0 Å². The molecular formula is C10H17F3OS2. The predicted molar refractivity (Wildman–Crippen MR) is 64.1 cm³/mol. The first-order valence-electron chi connectivity index (χ1n) is 5.38. The van der Waals surface area contributed by atoms with E-state index in [1.807, 2.05) is 6.92 Å². The van der Waals surface area contributed by atoms with Crippen molar-refractivity contribution in [2.45, 2.75) is 49.0 Å². The molecule has 0 aliphatic carbocycles. The number of alkyl halides is 3. The Hall–Kier alpha value is 0.450. The summed E-state index contributed by atoms with van der Waals surface area (Å²) in [6.45, 7) is 2.04. The monoisotopic (exact) mass is 274 g/mol. The van der Waals surface area contributed by atoms with Gasteiger partial charge in [-0.1, -0.05) is 6.92 Å². The molecule has 3 unspecified atom stereocenters. The minimum Gasteiger partial charge on any atom is -0.392 e. The maximum atomic E-state index is 11.9. The lowest BCUT2D eigenvalue weighted by Crippen LogP contribution is -2.34. The third kappa shape index (κ3) is 5.19. The quantitative estimate of drug-likeness (QED) is 0.849. The lowest BCUT2D eigenvalue weighted by Gasteiger charge is -2.31. The van der Waals surface area contributed by atoms with E-state index in [-0.39, 0.29) is 18.1 Å². The summed E-state index contributed by atoms with van der Waals surface area (Å²) in [6.07, 6.45) is -5.21. The second-order valence-electron chi connectivity index (χ2n) is 3.99. The summed E-state index contributed by atoms with van der Waals surface area (Å²) in [5.41, 5.74) is 0. The molecule has 1 nitrogen and oxygen atoms in total. The van der Waals surface area contributed by atoms with Crippen molar-refractivity contribution in [2.75, 3.05) is 11.5 Å². The number of thioether (sulfide) groups is 2. The average molecular weight is 274 g/mol. The van der Waals surface area contributed by atoms with E-state index in [9.17, 15) is 18.3 Å². The van der Waals surface area contributed by atoms with E-state index in [2.05, 4.69) is 0 Å². The lowest BCUT2D eigenvalue weighted by atomic mass is 10.1. The maximum absolute atomic E-state index is 11.9. The van der Waals surface area contributed by atoms with Gasteiger partial charge in [-0.2, -0.15) is 36.7 Å². The molecule has 0 amide bonds. The van der Waals surface area contributed by atoms with Crippen LogP contribution in [0.2, 0.25) is 0 Å². The molecular weight excluding hydrogens is 257 g/mol. The van der Waals surface area contributed by atoms with Crippen LogP contribution in [0.4, 0.5) is 13.2 Å². The van der Waals surface area contributed by atoms with E-state index in [4.69, 9.17) is 0 Å². The summed E-state index contributed by atoms with van der Waals surface area (Å²) < 4.78 is 35.8. The van der Waals surface area contributed by atoms with Crippen molar-refractivity contribution in [2.24, 2.45) is 0 Å². The maximum Gasteiger partial charge on any atom is 0.389 e. The van der Waals surface area contributed by atoms with Crippen molar-refractivity contribution in [3.63, 3.8) is 0 Å². The van der Waals surface area contributed by atoms with Crippen molar-refractivity contribution < 1.29 is 18.3 Å². The molecule has 96 valence electrons. The van der Waals surface area contributed by atoms with E-state index in [0.29, 0.717) is 5.25 Å². The molecule has 1 fully saturated rings. The summed E-state index contributed by atoms with van der Waals surface area (Å²) in [6, 6.07) is 0. The molecule has 0 radical (unpaired) electrons. The first-order valence-corrected chi connectivity index (χ1v) is 7.48. The first kappa shape index (κ1) is 14.5. The van der Waals surface area contributed by atoms with E-state index < -0.39 is 18.7 Å². The molecule has 0 aromatic heterocycles. The van der Waals surface area contributed by atoms with Crippen LogP contribution >= 0.6 is 23.5 Å². The largest absolute Gasteiger partial charge is 0.392 e. The Labute approximate surface area is 103 Å². The average Bonchev–Trinajstić information content (AvgIpc) is 2.16. The Morgan fingerprint density at radius 1 is 1.31 bits per heavy atom. The number of hydrogen-bond donors (Lipinski definition) is 1. The molecule has 1 heterocycles. The van der Waals surface area contributed by atoms with Gasteiger partial charge in [0.2, 0.25) is 0 Å². The molecule has 1 saturated heterocycles.